The monoisotopic (exact) mass is 299 g/mol. The quantitative estimate of drug-likeness (QED) is 0.747. The number of nitrogens with one attached hydrogen (secondary N) is 1. The third-order valence-electron chi connectivity index (χ3n) is 3.38. The molecule has 0 amide bonds. The number of hydrogen-bond acceptors (Lipinski definition) is 3. The van der Waals surface area contributed by atoms with Gasteiger partial charge in [-0.15, -0.1) is 0 Å². The normalized spacial score (nSPS) is 14.1. The Morgan fingerprint density at radius 2 is 2.10 bits per heavy atom. The molecule has 4 heteroatoms. The lowest BCUT2D eigenvalue weighted by Gasteiger charge is -2.20. The SMILES string of the molecule is CCNC(CSC(C)CC)Cc1cccc(OC)c1F. The number of halogens is 1. The van der Waals surface area contributed by atoms with E-state index in [9.17, 15) is 4.39 Å². The first-order chi connectivity index (χ1) is 9.62. The van der Waals surface area contributed by atoms with E-state index in [1.165, 1.54) is 7.11 Å². The lowest BCUT2D eigenvalue weighted by Crippen LogP contribution is -2.34. The van der Waals surface area contributed by atoms with Crippen LogP contribution in [0.2, 0.25) is 0 Å². The van der Waals surface area contributed by atoms with Gasteiger partial charge < -0.3 is 10.1 Å². The van der Waals surface area contributed by atoms with Gasteiger partial charge in [0.25, 0.3) is 0 Å². The van der Waals surface area contributed by atoms with Gasteiger partial charge in [-0.2, -0.15) is 11.8 Å². The molecule has 0 aliphatic rings. The topological polar surface area (TPSA) is 21.3 Å². The van der Waals surface area contributed by atoms with Crippen molar-refractivity contribution in [2.45, 2.75) is 44.9 Å². The molecule has 114 valence electrons. The molecular formula is C16H26FNOS. The smallest absolute Gasteiger partial charge is 0.168 e. The number of rotatable bonds is 9. The van der Waals surface area contributed by atoms with E-state index in [1.807, 2.05) is 23.9 Å². The fourth-order valence-corrected chi connectivity index (χ4v) is 3.05. The standard InChI is InChI=1S/C16H26FNOS/c1-5-12(3)20-11-14(18-6-2)10-13-8-7-9-15(19-4)16(13)17/h7-9,12,14,18H,5-6,10-11H2,1-4H3. The van der Waals surface area contributed by atoms with Gasteiger partial charge in [-0.25, -0.2) is 4.39 Å². The Bertz CT molecular complexity index is 400. The van der Waals surface area contributed by atoms with Crippen molar-refractivity contribution in [3.05, 3.63) is 29.6 Å². The van der Waals surface area contributed by atoms with Crippen molar-refractivity contribution in [3.8, 4) is 5.75 Å². The average Bonchev–Trinajstić information content (AvgIpc) is 2.46. The third kappa shape index (κ3) is 5.33. The van der Waals surface area contributed by atoms with Gasteiger partial charge in [0, 0.05) is 17.0 Å². The minimum atomic E-state index is -0.230. The zero-order valence-electron chi connectivity index (χ0n) is 12.9. The van der Waals surface area contributed by atoms with Gasteiger partial charge in [-0.3, -0.25) is 0 Å². The van der Waals surface area contributed by atoms with E-state index in [0.717, 1.165) is 24.3 Å². The molecule has 20 heavy (non-hydrogen) atoms. The maximum Gasteiger partial charge on any atom is 0.168 e. The zero-order chi connectivity index (χ0) is 15.0. The molecule has 0 heterocycles. The van der Waals surface area contributed by atoms with Crippen LogP contribution in [0.5, 0.6) is 5.75 Å². The number of methoxy groups -OCH3 is 1. The first-order valence-corrected chi connectivity index (χ1v) is 8.33. The first-order valence-electron chi connectivity index (χ1n) is 7.28. The summed E-state index contributed by atoms with van der Waals surface area (Å²) in [6, 6.07) is 5.65. The summed E-state index contributed by atoms with van der Waals surface area (Å²) in [6.07, 6.45) is 1.86. The molecule has 0 saturated carbocycles. The predicted molar refractivity (Wildman–Crippen MR) is 86.3 cm³/mol. The molecule has 0 fully saturated rings. The molecule has 1 aromatic rings. The molecule has 0 saturated heterocycles. The van der Waals surface area contributed by atoms with Crippen LogP contribution in [-0.4, -0.2) is 30.7 Å². The minimum absolute atomic E-state index is 0.230. The Morgan fingerprint density at radius 1 is 1.35 bits per heavy atom. The van der Waals surface area contributed by atoms with E-state index >= 15 is 0 Å². The van der Waals surface area contributed by atoms with E-state index in [2.05, 4.69) is 26.1 Å². The highest BCUT2D eigenvalue weighted by atomic mass is 32.2. The van der Waals surface area contributed by atoms with Crippen LogP contribution in [-0.2, 0) is 6.42 Å². The Kier molecular flexibility index (Phi) is 8.00. The summed E-state index contributed by atoms with van der Waals surface area (Å²) in [5.74, 6) is 1.10. The van der Waals surface area contributed by atoms with E-state index in [1.54, 1.807) is 6.07 Å². The highest BCUT2D eigenvalue weighted by molar-refractivity contribution is 7.99. The van der Waals surface area contributed by atoms with Crippen LogP contribution in [0.15, 0.2) is 18.2 Å². The number of thioether (sulfide) groups is 1. The minimum Gasteiger partial charge on any atom is -0.494 e. The number of hydrogen-bond donors (Lipinski definition) is 1. The molecule has 1 aromatic carbocycles. The van der Waals surface area contributed by atoms with E-state index in [4.69, 9.17) is 4.74 Å². The largest absolute Gasteiger partial charge is 0.494 e. The van der Waals surface area contributed by atoms with Crippen molar-refractivity contribution in [2.24, 2.45) is 0 Å². The first kappa shape index (κ1) is 17.3. The summed E-state index contributed by atoms with van der Waals surface area (Å²) in [5.41, 5.74) is 0.722. The Hall–Kier alpha value is -0.740. The summed E-state index contributed by atoms with van der Waals surface area (Å²) in [5, 5.41) is 4.09. The number of likely N-dealkylation sites (N-methyl/N-ethyl adjacent to an activating group) is 1. The fraction of sp³-hybridized carbons (Fsp3) is 0.625. The van der Waals surface area contributed by atoms with E-state index < -0.39 is 0 Å². The second kappa shape index (κ2) is 9.24. The molecule has 0 aliphatic heterocycles. The van der Waals surface area contributed by atoms with Crippen LogP contribution >= 0.6 is 11.8 Å². The van der Waals surface area contributed by atoms with Gasteiger partial charge in [-0.05, 0) is 31.0 Å². The molecule has 0 spiro atoms. The molecule has 1 rings (SSSR count). The lowest BCUT2D eigenvalue weighted by molar-refractivity contribution is 0.383. The van der Waals surface area contributed by atoms with Crippen molar-refractivity contribution in [2.75, 3.05) is 19.4 Å². The molecule has 0 radical (unpaired) electrons. The summed E-state index contributed by atoms with van der Waals surface area (Å²) in [4.78, 5) is 0. The lowest BCUT2D eigenvalue weighted by atomic mass is 10.1. The van der Waals surface area contributed by atoms with E-state index in [-0.39, 0.29) is 5.82 Å². The average molecular weight is 299 g/mol. The number of ether oxygens (including phenoxy) is 1. The second-order valence-electron chi connectivity index (χ2n) is 4.94. The van der Waals surface area contributed by atoms with Gasteiger partial charge in [0.05, 0.1) is 7.11 Å². The molecule has 2 unspecified atom stereocenters. The van der Waals surface area contributed by atoms with Crippen LogP contribution in [0.25, 0.3) is 0 Å². The van der Waals surface area contributed by atoms with E-state index in [0.29, 0.717) is 23.5 Å². The van der Waals surface area contributed by atoms with Crippen molar-refractivity contribution in [1.29, 1.82) is 0 Å². The molecule has 0 bridgehead atoms. The zero-order valence-corrected chi connectivity index (χ0v) is 13.7. The Labute approximate surface area is 126 Å². The highest BCUT2D eigenvalue weighted by Crippen LogP contribution is 2.22. The predicted octanol–water partition coefficient (Wildman–Crippen LogP) is 3.89. The molecular weight excluding hydrogens is 273 g/mol. The van der Waals surface area contributed by atoms with Crippen LogP contribution in [0.4, 0.5) is 4.39 Å². The van der Waals surface area contributed by atoms with Gasteiger partial charge >= 0.3 is 0 Å². The van der Waals surface area contributed by atoms with Gasteiger partial charge in [0.15, 0.2) is 11.6 Å². The maximum absolute atomic E-state index is 14.2. The van der Waals surface area contributed by atoms with Crippen molar-refractivity contribution in [3.63, 3.8) is 0 Å². The maximum atomic E-state index is 14.2. The van der Waals surface area contributed by atoms with Crippen LogP contribution in [0, 0.1) is 5.82 Å². The Morgan fingerprint density at radius 3 is 2.70 bits per heavy atom. The molecule has 2 nitrogen and oxygen atoms in total. The molecule has 2 atom stereocenters. The highest BCUT2D eigenvalue weighted by Gasteiger charge is 2.15. The molecule has 0 aromatic heterocycles. The van der Waals surface area contributed by atoms with Crippen LogP contribution < -0.4 is 10.1 Å². The molecule has 1 N–H and O–H groups in total. The van der Waals surface area contributed by atoms with Crippen molar-refractivity contribution < 1.29 is 9.13 Å². The Balaban J connectivity index is 2.69. The van der Waals surface area contributed by atoms with Crippen molar-refractivity contribution in [1.82, 2.24) is 5.32 Å². The van der Waals surface area contributed by atoms with Crippen LogP contribution in [0.1, 0.15) is 32.8 Å². The number of benzene rings is 1. The van der Waals surface area contributed by atoms with Crippen molar-refractivity contribution >= 4 is 11.8 Å². The fourth-order valence-electron chi connectivity index (χ4n) is 2.01. The van der Waals surface area contributed by atoms with Gasteiger partial charge in [-0.1, -0.05) is 32.9 Å². The van der Waals surface area contributed by atoms with Crippen LogP contribution in [0.3, 0.4) is 0 Å². The second-order valence-corrected chi connectivity index (χ2v) is 6.42. The van der Waals surface area contributed by atoms with Gasteiger partial charge in [0.1, 0.15) is 0 Å². The summed E-state index contributed by atoms with van der Waals surface area (Å²) in [7, 11) is 1.50. The summed E-state index contributed by atoms with van der Waals surface area (Å²) in [6.45, 7) is 7.42. The third-order valence-corrected chi connectivity index (χ3v) is 4.88. The van der Waals surface area contributed by atoms with Gasteiger partial charge in [0.2, 0.25) is 0 Å². The molecule has 0 aliphatic carbocycles. The summed E-state index contributed by atoms with van der Waals surface area (Å²) >= 11 is 1.94. The summed E-state index contributed by atoms with van der Waals surface area (Å²) < 4.78 is 19.2.